The molecule has 0 saturated carbocycles. The van der Waals surface area contributed by atoms with Gasteiger partial charge in [-0.1, -0.05) is 13.3 Å². The smallest absolute Gasteiger partial charge is 0.226 e. The summed E-state index contributed by atoms with van der Waals surface area (Å²) in [5, 5.41) is 5.41. The number of amides is 1. The zero-order valence-corrected chi connectivity index (χ0v) is 14.4. The number of hydrogen-bond donors (Lipinski definition) is 1. The van der Waals surface area contributed by atoms with E-state index in [4.69, 9.17) is 4.74 Å². The largest absolute Gasteiger partial charge is 0.496 e. The average molecular weight is 369 g/mol. The molecule has 1 amide bonds. The van der Waals surface area contributed by atoms with Crippen LogP contribution in [-0.4, -0.2) is 18.0 Å². The molecule has 21 heavy (non-hydrogen) atoms. The topological polar surface area (TPSA) is 51.2 Å². The summed E-state index contributed by atoms with van der Waals surface area (Å²) in [7, 11) is 1.63. The van der Waals surface area contributed by atoms with Crippen LogP contribution < -0.4 is 10.1 Å². The fourth-order valence-corrected chi connectivity index (χ4v) is 3.09. The number of rotatable bonds is 6. The van der Waals surface area contributed by atoms with Crippen molar-refractivity contribution in [1.82, 2.24) is 4.98 Å². The van der Waals surface area contributed by atoms with Crippen LogP contribution in [-0.2, 0) is 4.79 Å². The fourth-order valence-electron chi connectivity index (χ4n) is 1.81. The number of unbranched alkanes of at least 4 members (excludes halogenated alkanes) is 1. The molecule has 0 unspecified atom stereocenters. The van der Waals surface area contributed by atoms with E-state index in [2.05, 4.69) is 33.2 Å². The number of nitrogens with zero attached hydrogens (tertiary/aromatic N) is 1. The molecule has 4 nitrogen and oxygen atoms in total. The van der Waals surface area contributed by atoms with Gasteiger partial charge in [0.15, 0.2) is 5.13 Å². The van der Waals surface area contributed by atoms with Crippen LogP contribution in [0, 0.1) is 0 Å². The first-order valence-corrected chi connectivity index (χ1v) is 8.40. The molecule has 0 aliphatic heterocycles. The molecule has 0 aliphatic rings. The molecule has 0 bridgehead atoms. The Labute approximate surface area is 136 Å². The molecule has 1 N–H and O–H groups in total. The molecular weight excluding hydrogens is 352 g/mol. The monoisotopic (exact) mass is 368 g/mol. The lowest BCUT2D eigenvalue weighted by atomic mass is 10.2. The summed E-state index contributed by atoms with van der Waals surface area (Å²) >= 11 is 4.89. The van der Waals surface area contributed by atoms with Crippen molar-refractivity contribution in [1.29, 1.82) is 0 Å². The van der Waals surface area contributed by atoms with Gasteiger partial charge in [-0.3, -0.25) is 4.79 Å². The van der Waals surface area contributed by atoms with E-state index in [1.807, 2.05) is 23.6 Å². The molecule has 0 fully saturated rings. The van der Waals surface area contributed by atoms with Crippen molar-refractivity contribution in [2.45, 2.75) is 26.2 Å². The van der Waals surface area contributed by atoms with Crippen molar-refractivity contribution in [3.63, 3.8) is 0 Å². The van der Waals surface area contributed by atoms with Gasteiger partial charge in [0.1, 0.15) is 5.75 Å². The Morgan fingerprint density at radius 3 is 2.95 bits per heavy atom. The van der Waals surface area contributed by atoms with Crippen LogP contribution in [0.3, 0.4) is 0 Å². The Balaban J connectivity index is 2.09. The Hall–Kier alpha value is -1.40. The minimum Gasteiger partial charge on any atom is -0.496 e. The van der Waals surface area contributed by atoms with E-state index in [-0.39, 0.29) is 5.91 Å². The number of hydrogen-bond acceptors (Lipinski definition) is 4. The van der Waals surface area contributed by atoms with Gasteiger partial charge in [0, 0.05) is 17.4 Å². The second-order valence-electron chi connectivity index (χ2n) is 4.54. The van der Waals surface area contributed by atoms with Gasteiger partial charge < -0.3 is 10.1 Å². The first-order chi connectivity index (χ1) is 10.1. The zero-order chi connectivity index (χ0) is 15.2. The first kappa shape index (κ1) is 16.0. The highest BCUT2D eigenvalue weighted by atomic mass is 79.9. The Bertz CT molecular complexity index is 628. The SMILES string of the molecule is CCCCC(=O)Nc1nc(-c2ccc(OC)c(Br)c2)cs1. The summed E-state index contributed by atoms with van der Waals surface area (Å²) in [5.74, 6) is 0.802. The maximum Gasteiger partial charge on any atom is 0.226 e. The summed E-state index contributed by atoms with van der Waals surface area (Å²) in [6, 6.07) is 5.79. The van der Waals surface area contributed by atoms with Gasteiger partial charge in [-0.25, -0.2) is 4.98 Å². The minimum absolute atomic E-state index is 0.0219. The number of benzene rings is 1. The number of ether oxygens (including phenoxy) is 1. The Kier molecular flexibility index (Phi) is 5.76. The van der Waals surface area contributed by atoms with E-state index >= 15 is 0 Å². The second kappa shape index (κ2) is 7.56. The van der Waals surface area contributed by atoms with Crippen molar-refractivity contribution in [3.05, 3.63) is 28.1 Å². The van der Waals surface area contributed by atoms with Crippen LogP contribution in [0.15, 0.2) is 28.1 Å². The van der Waals surface area contributed by atoms with E-state index in [1.165, 1.54) is 11.3 Å². The van der Waals surface area contributed by atoms with E-state index < -0.39 is 0 Å². The van der Waals surface area contributed by atoms with Gasteiger partial charge in [-0.2, -0.15) is 0 Å². The lowest BCUT2D eigenvalue weighted by Crippen LogP contribution is -2.10. The third kappa shape index (κ3) is 4.28. The van der Waals surface area contributed by atoms with Crippen molar-refractivity contribution < 1.29 is 9.53 Å². The Morgan fingerprint density at radius 2 is 2.29 bits per heavy atom. The number of methoxy groups -OCH3 is 1. The third-order valence-corrected chi connectivity index (χ3v) is 4.33. The molecule has 2 aromatic rings. The van der Waals surface area contributed by atoms with Crippen molar-refractivity contribution in [3.8, 4) is 17.0 Å². The molecule has 1 aromatic heterocycles. The summed E-state index contributed by atoms with van der Waals surface area (Å²) in [5.41, 5.74) is 1.82. The Morgan fingerprint density at radius 1 is 1.48 bits per heavy atom. The van der Waals surface area contributed by atoms with Crippen LogP contribution in [0.25, 0.3) is 11.3 Å². The lowest BCUT2D eigenvalue weighted by Gasteiger charge is -2.04. The molecule has 112 valence electrons. The van der Waals surface area contributed by atoms with Gasteiger partial charge in [0.05, 0.1) is 17.3 Å². The molecule has 0 atom stereocenters. The molecule has 0 spiro atoms. The fraction of sp³-hybridized carbons (Fsp3) is 0.333. The number of carbonyl (C=O) groups excluding carboxylic acids is 1. The highest BCUT2D eigenvalue weighted by Gasteiger charge is 2.09. The zero-order valence-electron chi connectivity index (χ0n) is 12.0. The van der Waals surface area contributed by atoms with E-state index in [1.54, 1.807) is 7.11 Å². The van der Waals surface area contributed by atoms with Crippen LogP contribution in [0.5, 0.6) is 5.75 Å². The van der Waals surface area contributed by atoms with Crippen LogP contribution in [0.4, 0.5) is 5.13 Å². The third-order valence-electron chi connectivity index (χ3n) is 2.96. The number of anilines is 1. The van der Waals surface area contributed by atoms with Gasteiger partial charge in [0.25, 0.3) is 0 Å². The molecule has 2 rings (SSSR count). The number of aromatic nitrogens is 1. The van der Waals surface area contributed by atoms with Crippen molar-refractivity contribution in [2.75, 3.05) is 12.4 Å². The molecule has 6 heteroatoms. The molecule has 0 radical (unpaired) electrons. The maximum atomic E-state index is 11.7. The predicted molar refractivity (Wildman–Crippen MR) is 90.0 cm³/mol. The van der Waals surface area contributed by atoms with E-state index in [0.717, 1.165) is 34.3 Å². The number of carbonyl (C=O) groups is 1. The van der Waals surface area contributed by atoms with E-state index in [0.29, 0.717) is 11.6 Å². The summed E-state index contributed by atoms with van der Waals surface area (Å²) in [6.45, 7) is 2.07. The summed E-state index contributed by atoms with van der Waals surface area (Å²) in [6.07, 6.45) is 2.45. The van der Waals surface area contributed by atoms with Gasteiger partial charge in [0.2, 0.25) is 5.91 Å². The quantitative estimate of drug-likeness (QED) is 0.802. The highest BCUT2D eigenvalue weighted by Crippen LogP contribution is 2.32. The van der Waals surface area contributed by atoms with Crippen molar-refractivity contribution >= 4 is 38.3 Å². The number of halogens is 1. The van der Waals surface area contributed by atoms with Crippen molar-refractivity contribution in [2.24, 2.45) is 0 Å². The molecule has 1 aromatic carbocycles. The van der Waals surface area contributed by atoms with Crippen LogP contribution in [0.1, 0.15) is 26.2 Å². The molecular formula is C15H17BrN2O2S. The second-order valence-corrected chi connectivity index (χ2v) is 6.25. The summed E-state index contributed by atoms with van der Waals surface area (Å²) in [4.78, 5) is 16.1. The number of nitrogens with one attached hydrogen (secondary N) is 1. The van der Waals surface area contributed by atoms with Gasteiger partial charge in [-0.05, 0) is 40.5 Å². The minimum atomic E-state index is 0.0219. The first-order valence-electron chi connectivity index (χ1n) is 6.73. The lowest BCUT2D eigenvalue weighted by molar-refractivity contribution is -0.116. The molecule has 0 saturated heterocycles. The van der Waals surface area contributed by atoms with Crippen LogP contribution in [0.2, 0.25) is 0 Å². The molecule has 1 heterocycles. The predicted octanol–water partition coefficient (Wildman–Crippen LogP) is 4.71. The molecule has 0 aliphatic carbocycles. The maximum absolute atomic E-state index is 11.7. The van der Waals surface area contributed by atoms with Gasteiger partial charge in [-0.15, -0.1) is 11.3 Å². The highest BCUT2D eigenvalue weighted by molar-refractivity contribution is 9.10. The van der Waals surface area contributed by atoms with E-state index in [9.17, 15) is 4.79 Å². The van der Waals surface area contributed by atoms with Gasteiger partial charge >= 0.3 is 0 Å². The summed E-state index contributed by atoms with van der Waals surface area (Å²) < 4.78 is 6.09. The standard InChI is InChI=1S/C15H17BrN2O2S/c1-3-4-5-14(19)18-15-17-12(9-21-15)10-6-7-13(20-2)11(16)8-10/h6-9H,3-5H2,1-2H3,(H,17,18,19). The van der Waals surface area contributed by atoms with Crippen LogP contribution >= 0.6 is 27.3 Å². The average Bonchev–Trinajstić information content (AvgIpc) is 2.93. The number of thiazole rings is 1. The normalized spacial score (nSPS) is 10.4.